The molecule has 0 bridgehead atoms. The van der Waals surface area contributed by atoms with Gasteiger partial charge in [-0.3, -0.25) is 0 Å². The predicted octanol–water partition coefficient (Wildman–Crippen LogP) is 3.14. The van der Waals surface area contributed by atoms with E-state index in [0.717, 1.165) is 28.5 Å². The van der Waals surface area contributed by atoms with Crippen LogP contribution in [-0.2, 0) is 19.1 Å². The van der Waals surface area contributed by atoms with Crippen LogP contribution in [0.4, 0.5) is 0 Å². The second-order valence-electron chi connectivity index (χ2n) is 6.50. The lowest BCUT2D eigenvalue weighted by Gasteiger charge is -2.33. The van der Waals surface area contributed by atoms with E-state index in [1.807, 2.05) is 25.1 Å². The van der Waals surface area contributed by atoms with Crippen LogP contribution in [0, 0.1) is 5.92 Å². The third-order valence-electron chi connectivity index (χ3n) is 4.83. The summed E-state index contributed by atoms with van der Waals surface area (Å²) in [6, 6.07) is 12.2. The van der Waals surface area contributed by atoms with Crippen molar-refractivity contribution in [2.45, 2.75) is 32.0 Å². The fraction of sp³-hybridized carbons (Fsp3) is 0.450. The largest absolute Gasteiger partial charge is 0.497 e. The highest BCUT2D eigenvalue weighted by atomic mass is 16.7. The van der Waals surface area contributed by atoms with E-state index in [-0.39, 0.29) is 5.92 Å². The van der Waals surface area contributed by atoms with Crippen molar-refractivity contribution in [3.05, 3.63) is 42.0 Å². The first-order valence-corrected chi connectivity index (χ1v) is 8.88. The predicted molar refractivity (Wildman–Crippen MR) is 97.6 cm³/mol. The third kappa shape index (κ3) is 3.82. The van der Waals surface area contributed by atoms with Crippen molar-refractivity contribution in [3.63, 3.8) is 0 Å². The van der Waals surface area contributed by atoms with Crippen molar-refractivity contribution in [1.82, 2.24) is 0 Å². The van der Waals surface area contributed by atoms with Crippen LogP contribution >= 0.6 is 0 Å². The van der Waals surface area contributed by atoms with E-state index in [1.54, 1.807) is 7.11 Å². The van der Waals surface area contributed by atoms with Gasteiger partial charge in [0.25, 0.3) is 0 Å². The van der Waals surface area contributed by atoms with Gasteiger partial charge < -0.3 is 19.0 Å². The lowest BCUT2D eigenvalue weighted by atomic mass is 9.93. The molecule has 0 radical (unpaired) electrons. The van der Waals surface area contributed by atoms with E-state index in [2.05, 4.69) is 23.0 Å². The molecular formula is C20H25NO5. The van der Waals surface area contributed by atoms with E-state index in [0.29, 0.717) is 19.6 Å². The highest BCUT2D eigenvalue weighted by molar-refractivity contribution is 5.87. The molecule has 140 valence electrons. The van der Waals surface area contributed by atoms with Gasteiger partial charge in [-0.15, -0.1) is 0 Å². The molecule has 3 rings (SSSR count). The van der Waals surface area contributed by atoms with Crippen LogP contribution in [0.2, 0.25) is 0 Å². The first-order valence-electron chi connectivity index (χ1n) is 8.88. The van der Waals surface area contributed by atoms with Crippen molar-refractivity contribution < 1.29 is 23.8 Å². The molecule has 2 aromatic carbocycles. The Morgan fingerprint density at radius 3 is 2.69 bits per heavy atom. The molecule has 1 unspecified atom stereocenters. The molecule has 1 fully saturated rings. The molecule has 1 aliphatic rings. The number of benzene rings is 2. The summed E-state index contributed by atoms with van der Waals surface area (Å²) in [5.41, 5.74) is 1.16. The van der Waals surface area contributed by atoms with Crippen LogP contribution in [0.15, 0.2) is 36.4 Å². The van der Waals surface area contributed by atoms with Gasteiger partial charge >= 0.3 is 5.97 Å². The molecule has 0 spiro atoms. The SMILES string of the molecule is CCCC(C(=O)ON)C1OCC(c2cccc3cc(OC)ccc23)CO1. The Kier molecular flexibility index (Phi) is 6.08. The van der Waals surface area contributed by atoms with Gasteiger partial charge in [0.15, 0.2) is 6.29 Å². The Labute approximate surface area is 153 Å². The highest BCUT2D eigenvalue weighted by Gasteiger charge is 2.35. The lowest BCUT2D eigenvalue weighted by molar-refractivity contribution is -0.221. The number of carbonyl (C=O) groups is 1. The zero-order valence-corrected chi connectivity index (χ0v) is 15.1. The molecule has 0 aromatic heterocycles. The van der Waals surface area contributed by atoms with E-state index >= 15 is 0 Å². The van der Waals surface area contributed by atoms with Gasteiger partial charge in [0.05, 0.1) is 20.3 Å². The molecule has 1 heterocycles. The van der Waals surface area contributed by atoms with Crippen molar-refractivity contribution in [3.8, 4) is 5.75 Å². The average molecular weight is 359 g/mol. The summed E-state index contributed by atoms with van der Waals surface area (Å²) in [4.78, 5) is 16.3. The van der Waals surface area contributed by atoms with Crippen LogP contribution in [0.3, 0.4) is 0 Å². The highest BCUT2D eigenvalue weighted by Crippen LogP contribution is 2.32. The number of nitrogens with two attached hydrogens (primary N) is 1. The Bertz CT molecular complexity index is 755. The van der Waals surface area contributed by atoms with Gasteiger partial charge in [0.1, 0.15) is 11.7 Å². The third-order valence-corrected chi connectivity index (χ3v) is 4.83. The monoisotopic (exact) mass is 359 g/mol. The van der Waals surface area contributed by atoms with Crippen molar-refractivity contribution in [2.75, 3.05) is 20.3 Å². The molecule has 6 heteroatoms. The lowest BCUT2D eigenvalue weighted by Crippen LogP contribution is -2.40. The van der Waals surface area contributed by atoms with Gasteiger partial charge in [-0.25, -0.2) is 4.79 Å². The number of hydrogen-bond donors (Lipinski definition) is 1. The summed E-state index contributed by atoms with van der Waals surface area (Å²) in [7, 11) is 1.66. The fourth-order valence-electron chi connectivity index (χ4n) is 3.46. The topological polar surface area (TPSA) is 80.0 Å². The Morgan fingerprint density at radius 2 is 2.04 bits per heavy atom. The van der Waals surface area contributed by atoms with E-state index in [9.17, 15) is 4.79 Å². The number of hydrogen-bond acceptors (Lipinski definition) is 6. The molecular weight excluding hydrogens is 334 g/mol. The van der Waals surface area contributed by atoms with Crippen LogP contribution in [0.25, 0.3) is 10.8 Å². The number of methoxy groups -OCH3 is 1. The maximum atomic E-state index is 11.9. The minimum absolute atomic E-state index is 0.0968. The first kappa shape index (κ1) is 18.6. The van der Waals surface area contributed by atoms with Gasteiger partial charge in [-0.2, -0.15) is 5.90 Å². The van der Waals surface area contributed by atoms with Crippen LogP contribution < -0.4 is 10.6 Å². The molecule has 0 saturated carbocycles. The second-order valence-corrected chi connectivity index (χ2v) is 6.50. The van der Waals surface area contributed by atoms with E-state index < -0.39 is 18.2 Å². The maximum absolute atomic E-state index is 11.9. The molecule has 2 N–H and O–H groups in total. The van der Waals surface area contributed by atoms with Crippen molar-refractivity contribution >= 4 is 16.7 Å². The number of ether oxygens (including phenoxy) is 3. The Balaban J connectivity index is 1.75. The fourth-order valence-corrected chi connectivity index (χ4v) is 3.46. The summed E-state index contributed by atoms with van der Waals surface area (Å²) < 4.78 is 17.0. The van der Waals surface area contributed by atoms with Gasteiger partial charge in [0, 0.05) is 5.92 Å². The standard InChI is InChI=1S/C20H25NO5/c1-3-5-18(19(22)26-21)20-24-11-14(12-25-20)16-7-4-6-13-10-15(23-2)8-9-17(13)16/h4,6-10,14,18,20H,3,5,11-12,21H2,1-2H3. The van der Waals surface area contributed by atoms with Gasteiger partial charge in [-0.1, -0.05) is 37.6 Å². The normalized spacial score (nSPS) is 21.3. The summed E-state index contributed by atoms with van der Waals surface area (Å²) in [5, 5.41) is 2.26. The summed E-state index contributed by atoms with van der Waals surface area (Å²) in [6.45, 7) is 2.95. The van der Waals surface area contributed by atoms with Gasteiger partial charge in [-0.05, 0) is 34.9 Å². The molecule has 1 aliphatic heterocycles. The van der Waals surface area contributed by atoms with Crippen molar-refractivity contribution in [2.24, 2.45) is 11.8 Å². The minimum Gasteiger partial charge on any atom is -0.497 e. The second kappa shape index (κ2) is 8.49. The summed E-state index contributed by atoms with van der Waals surface area (Å²) in [6.07, 6.45) is 0.814. The zero-order valence-electron chi connectivity index (χ0n) is 15.1. The van der Waals surface area contributed by atoms with Crippen LogP contribution in [0.1, 0.15) is 31.2 Å². The maximum Gasteiger partial charge on any atom is 0.332 e. The first-order chi connectivity index (χ1) is 12.7. The summed E-state index contributed by atoms with van der Waals surface area (Å²) >= 11 is 0. The number of rotatable bonds is 6. The molecule has 2 aromatic rings. The number of fused-ring (bicyclic) bond motifs is 1. The Hall–Kier alpha value is -2.15. The van der Waals surface area contributed by atoms with E-state index in [4.69, 9.17) is 20.1 Å². The smallest absolute Gasteiger partial charge is 0.332 e. The van der Waals surface area contributed by atoms with Crippen molar-refractivity contribution in [1.29, 1.82) is 0 Å². The van der Waals surface area contributed by atoms with Crippen LogP contribution in [0.5, 0.6) is 5.75 Å². The number of carbonyl (C=O) groups excluding carboxylic acids is 1. The molecule has 6 nitrogen and oxygen atoms in total. The average Bonchev–Trinajstić information content (AvgIpc) is 2.70. The molecule has 0 aliphatic carbocycles. The zero-order chi connectivity index (χ0) is 18.5. The van der Waals surface area contributed by atoms with Crippen LogP contribution in [-0.4, -0.2) is 32.6 Å². The Morgan fingerprint density at radius 1 is 1.27 bits per heavy atom. The minimum atomic E-state index is -0.614. The summed E-state index contributed by atoms with van der Waals surface area (Å²) in [5.74, 6) is 4.98. The quantitative estimate of drug-likeness (QED) is 0.798. The van der Waals surface area contributed by atoms with E-state index in [1.165, 1.54) is 0 Å². The molecule has 1 atom stereocenters. The van der Waals surface area contributed by atoms with Gasteiger partial charge in [0.2, 0.25) is 0 Å². The molecule has 1 saturated heterocycles. The molecule has 0 amide bonds. The molecule has 26 heavy (non-hydrogen) atoms.